The smallest absolute Gasteiger partial charge is 0.251 e. The van der Waals surface area contributed by atoms with Gasteiger partial charge in [-0.15, -0.1) is 0 Å². The van der Waals surface area contributed by atoms with Crippen LogP contribution < -0.4 is 5.32 Å². The highest BCUT2D eigenvalue weighted by atomic mass is 16.3. The number of carbonyl (C=O) groups excluding carboxylic acids is 1. The van der Waals surface area contributed by atoms with Crippen molar-refractivity contribution in [1.82, 2.24) is 5.32 Å². The third kappa shape index (κ3) is 2.97. The zero-order chi connectivity index (χ0) is 21.2. The minimum Gasteiger partial charge on any atom is -0.508 e. The summed E-state index contributed by atoms with van der Waals surface area (Å²) in [5, 5.41) is 15.9. The minimum absolute atomic E-state index is 0.0312. The first-order chi connectivity index (χ1) is 15.0. The van der Waals surface area contributed by atoms with Crippen molar-refractivity contribution in [3.63, 3.8) is 0 Å². The van der Waals surface area contributed by atoms with Crippen LogP contribution in [0.2, 0.25) is 0 Å². The SMILES string of the molecule is CCNC(=O)c1ccc2cc(-c3ccc(O)c(C45CC6CC(C4)C(C6)C5)c3)ccc2c1. The van der Waals surface area contributed by atoms with Crippen LogP contribution in [0.3, 0.4) is 0 Å². The van der Waals surface area contributed by atoms with Gasteiger partial charge in [0.1, 0.15) is 5.75 Å². The normalized spacial score (nSPS) is 28.4. The molecular formula is C28H29NO2. The van der Waals surface area contributed by atoms with Crippen LogP contribution in [-0.2, 0) is 5.41 Å². The zero-order valence-corrected chi connectivity index (χ0v) is 18.0. The van der Waals surface area contributed by atoms with Gasteiger partial charge in [0.15, 0.2) is 0 Å². The fourth-order valence-electron chi connectivity index (χ4n) is 7.11. The number of fused-ring (bicyclic) bond motifs is 1. The molecule has 0 heterocycles. The van der Waals surface area contributed by atoms with Gasteiger partial charge in [-0.1, -0.05) is 24.3 Å². The summed E-state index contributed by atoms with van der Waals surface area (Å²) in [6.07, 6.45) is 6.58. The van der Waals surface area contributed by atoms with Crippen LogP contribution in [0.5, 0.6) is 5.75 Å². The first-order valence-corrected chi connectivity index (χ1v) is 11.7. The van der Waals surface area contributed by atoms with Gasteiger partial charge in [-0.3, -0.25) is 4.79 Å². The molecule has 4 fully saturated rings. The third-order valence-electron chi connectivity index (χ3n) is 8.27. The maximum atomic E-state index is 12.1. The first-order valence-electron chi connectivity index (χ1n) is 11.7. The molecular weight excluding hydrogens is 382 g/mol. The lowest BCUT2D eigenvalue weighted by Gasteiger charge is -2.39. The number of hydrogen-bond donors (Lipinski definition) is 2. The van der Waals surface area contributed by atoms with Crippen molar-refractivity contribution in [1.29, 1.82) is 0 Å². The molecule has 3 aromatic rings. The largest absolute Gasteiger partial charge is 0.508 e. The number of benzene rings is 3. The Morgan fingerprint density at radius 2 is 1.61 bits per heavy atom. The lowest BCUT2D eigenvalue weighted by atomic mass is 9.65. The van der Waals surface area contributed by atoms with Gasteiger partial charge in [-0.25, -0.2) is 0 Å². The van der Waals surface area contributed by atoms with Crippen LogP contribution in [0, 0.1) is 17.8 Å². The molecule has 4 aliphatic rings. The van der Waals surface area contributed by atoms with Gasteiger partial charge in [0.05, 0.1) is 0 Å². The van der Waals surface area contributed by atoms with Crippen molar-refractivity contribution in [2.24, 2.45) is 17.8 Å². The van der Waals surface area contributed by atoms with Crippen LogP contribution in [-0.4, -0.2) is 17.6 Å². The molecule has 4 bridgehead atoms. The first kappa shape index (κ1) is 18.9. The van der Waals surface area contributed by atoms with Crippen LogP contribution in [0.4, 0.5) is 0 Å². The number of hydrogen-bond acceptors (Lipinski definition) is 2. The molecule has 0 spiro atoms. The standard InChI is InChI=1S/C28H29NO2/c1-2-29-27(31)22-6-5-18-11-19(3-4-20(18)12-22)21-7-8-26(30)25(13-21)28-14-17-9-23(15-28)24(10-17)16-28/h3-8,11-13,17,23-24,30H,2,9-10,14-16H2,1H3,(H,29,31). The topological polar surface area (TPSA) is 49.3 Å². The molecule has 1 amide bonds. The van der Waals surface area contributed by atoms with E-state index in [1.165, 1.54) is 43.2 Å². The molecule has 0 aliphatic heterocycles. The van der Waals surface area contributed by atoms with Crippen LogP contribution >= 0.6 is 0 Å². The molecule has 0 aromatic heterocycles. The van der Waals surface area contributed by atoms with E-state index in [2.05, 4.69) is 29.6 Å². The van der Waals surface area contributed by atoms with Gasteiger partial charge in [0.2, 0.25) is 0 Å². The summed E-state index contributed by atoms with van der Waals surface area (Å²) in [6.45, 7) is 2.56. The molecule has 4 aliphatic carbocycles. The number of phenolic OH excluding ortho intramolecular Hbond substituents is 1. The van der Waals surface area contributed by atoms with E-state index < -0.39 is 0 Å². The average Bonchev–Trinajstić information content (AvgIpc) is 3.20. The molecule has 4 saturated carbocycles. The second-order valence-electron chi connectivity index (χ2n) is 10.1. The molecule has 3 nitrogen and oxygen atoms in total. The maximum Gasteiger partial charge on any atom is 0.251 e. The average molecular weight is 412 g/mol. The van der Waals surface area contributed by atoms with E-state index in [-0.39, 0.29) is 11.3 Å². The van der Waals surface area contributed by atoms with Gasteiger partial charge in [-0.05, 0) is 114 Å². The molecule has 3 aromatic carbocycles. The van der Waals surface area contributed by atoms with Gasteiger partial charge in [-0.2, -0.15) is 0 Å². The highest BCUT2D eigenvalue weighted by molar-refractivity contribution is 5.99. The summed E-state index contributed by atoms with van der Waals surface area (Å²) in [6, 6.07) is 18.5. The lowest BCUT2D eigenvalue weighted by molar-refractivity contribution is 0.0956. The summed E-state index contributed by atoms with van der Waals surface area (Å²) in [4.78, 5) is 12.1. The van der Waals surface area contributed by atoms with E-state index in [4.69, 9.17) is 0 Å². The van der Waals surface area contributed by atoms with E-state index in [1.54, 1.807) is 0 Å². The Morgan fingerprint density at radius 1 is 0.935 bits per heavy atom. The van der Waals surface area contributed by atoms with Crippen molar-refractivity contribution in [3.8, 4) is 16.9 Å². The highest BCUT2D eigenvalue weighted by Crippen LogP contribution is 2.65. The molecule has 0 radical (unpaired) electrons. The molecule has 0 saturated heterocycles. The van der Waals surface area contributed by atoms with Crippen LogP contribution in [0.1, 0.15) is 54.9 Å². The van der Waals surface area contributed by atoms with Crippen LogP contribution in [0.25, 0.3) is 21.9 Å². The lowest BCUT2D eigenvalue weighted by Crippen LogP contribution is -2.31. The Hall–Kier alpha value is -2.81. The van der Waals surface area contributed by atoms with E-state index in [0.717, 1.165) is 34.1 Å². The van der Waals surface area contributed by atoms with E-state index in [1.807, 2.05) is 37.3 Å². The molecule has 158 valence electrons. The Kier molecular flexibility index (Phi) is 4.18. The highest BCUT2D eigenvalue weighted by Gasteiger charge is 2.57. The molecule has 3 heteroatoms. The second-order valence-corrected chi connectivity index (χ2v) is 10.1. The summed E-state index contributed by atoms with van der Waals surface area (Å²) in [7, 11) is 0. The van der Waals surface area contributed by atoms with Crippen molar-refractivity contribution >= 4 is 16.7 Å². The molecule has 31 heavy (non-hydrogen) atoms. The number of rotatable bonds is 4. The number of phenols is 1. The Bertz CT molecular complexity index is 1180. The predicted molar refractivity (Wildman–Crippen MR) is 124 cm³/mol. The van der Waals surface area contributed by atoms with E-state index in [0.29, 0.717) is 17.9 Å². The van der Waals surface area contributed by atoms with Crippen molar-refractivity contribution < 1.29 is 9.90 Å². The second kappa shape index (κ2) is 6.85. The number of carbonyl (C=O) groups is 1. The Labute approximate surface area is 183 Å². The number of aromatic hydroxyl groups is 1. The molecule has 2 N–H and O–H groups in total. The summed E-state index contributed by atoms with van der Waals surface area (Å²) in [5.74, 6) is 3.05. The van der Waals surface area contributed by atoms with Crippen molar-refractivity contribution in [2.45, 2.75) is 44.4 Å². The monoisotopic (exact) mass is 411 g/mol. The quantitative estimate of drug-likeness (QED) is 0.550. The van der Waals surface area contributed by atoms with Gasteiger partial charge >= 0.3 is 0 Å². The summed E-state index contributed by atoms with van der Waals surface area (Å²) >= 11 is 0. The Morgan fingerprint density at radius 3 is 2.35 bits per heavy atom. The van der Waals surface area contributed by atoms with Gasteiger partial charge in [0.25, 0.3) is 5.91 Å². The van der Waals surface area contributed by atoms with E-state index in [9.17, 15) is 9.90 Å². The van der Waals surface area contributed by atoms with Crippen molar-refractivity contribution in [2.75, 3.05) is 6.54 Å². The Balaban J connectivity index is 1.36. The predicted octanol–water partition coefficient (Wildman–Crippen LogP) is 6.04. The van der Waals surface area contributed by atoms with Gasteiger partial charge in [0, 0.05) is 17.7 Å². The molecule has 2 unspecified atom stereocenters. The van der Waals surface area contributed by atoms with Crippen molar-refractivity contribution in [3.05, 3.63) is 65.7 Å². The van der Waals surface area contributed by atoms with Gasteiger partial charge < -0.3 is 10.4 Å². The fourth-order valence-corrected chi connectivity index (χ4v) is 7.11. The maximum absolute atomic E-state index is 12.1. The zero-order valence-electron chi connectivity index (χ0n) is 18.0. The van der Waals surface area contributed by atoms with E-state index >= 15 is 0 Å². The third-order valence-corrected chi connectivity index (χ3v) is 8.27. The number of amides is 1. The summed E-state index contributed by atoms with van der Waals surface area (Å²) in [5.41, 5.74) is 4.38. The number of nitrogens with one attached hydrogen (secondary N) is 1. The minimum atomic E-state index is -0.0312. The van der Waals surface area contributed by atoms with Crippen LogP contribution in [0.15, 0.2) is 54.6 Å². The summed E-state index contributed by atoms with van der Waals surface area (Å²) < 4.78 is 0. The fraction of sp³-hybridized carbons (Fsp3) is 0.393. The molecule has 2 atom stereocenters. The molecule has 7 rings (SSSR count).